The highest BCUT2D eigenvalue weighted by Crippen LogP contribution is 2.34. The first-order chi connectivity index (χ1) is 10.5. The van der Waals surface area contributed by atoms with Crippen molar-refractivity contribution in [1.29, 1.82) is 0 Å². The standard InChI is InChI=1S/C14H16N6OS/c1-8(2)6-20-7-10(5-18-20)12-11(13(15)21)19-14(22-12)9-3-16-17-4-9/h3-5,7-8H,6H2,1-2H3,(H2,15,21)(H,16,17). The van der Waals surface area contributed by atoms with Crippen LogP contribution in [0.1, 0.15) is 24.3 Å². The fraction of sp³-hybridized carbons (Fsp3) is 0.286. The number of H-pyrrole nitrogens is 1. The zero-order chi connectivity index (χ0) is 15.7. The lowest BCUT2D eigenvalue weighted by Gasteiger charge is -2.03. The molecule has 0 atom stereocenters. The Hall–Kier alpha value is -2.48. The SMILES string of the molecule is CC(C)Cn1cc(-c2sc(-c3cn[nH]c3)nc2C(N)=O)cn1. The number of nitrogens with two attached hydrogens (primary N) is 1. The van der Waals surface area contributed by atoms with Gasteiger partial charge in [-0.05, 0) is 5.92 Å². The van der Waals surface area contributed by atoms with E-state index in [9.17, 15) is 4.79 Å². The lowest BCUT2D eigenvalue weighted by Crippen LogP contribution is -2.12. The summed E-state index contributed by atoms with van der Waals surface area (Å²) in [4.78, 5) is 16.8. The lowest BCUT2D eigenvalue weighted by atomic mass is 10.2. The molecule has 3 N–H and O–H groups in total. The Morgan fingerprint density at radius 2 is 2.23 bits per heavy atom. The Kier molecular flexibility index (Phi) is 3.76. The maximum absolute atomic E-state index is 11.7. The average Bonchev–Trinajstić information content (AvgIpc) is 3.17. The second kappa shape index (κ2) is 5.72. The van der Waals surface area contributed by atoms with Crippen LogP contribution in [0.4, 0.5) is 0 Å². The Labute approximate surface area is 131 Å². The van der Waals surface area contributed by atoms with Crippen LogP contribution in [0.2, 0.25) is 0 Å². The molecule has 0 radical (unpaired) electrons. The number of primary amides is 1. The topological polar surface area (TPSA) is 102 Å². The quantitative estimate of drug-likeness (QED) is 0.752. The molecule has 0 aliphatic rings. The van der Waals surface area contributed by atoms with Crippen LogP contribution in [0.15, 0.2) is 24.8 Å². The van der Waals surface area contributed by atoms with E-state index in [1.54, 1.807) is 18.6 Å². The smallest absolute Gasteiger partial charge is 0.268 e. The van der Waals surface area contributed by atoms with E-state index < -0.39 is 5.91 Å². The predicted molar refractivity (Wildman–Crippen MR) is 84.3 cm³/mol. The number of rotatable bonds is 5. The second-order valence-electron chi connectivity index (χ2n) is 5.39. The van der Waals surface area contributed by atoms with Gasteiger partial charge in [-0.15, -0.1) is 11.3 Å². The van der Waals surface area contributed by atoms with E-state index in [1.165, 1.54) is 11.3 Å². The summed E-state index contributed by atoms with van der Waals surface area (Å²) in [5.74, 6) is -0.0519. The van der Waals surface area contributed by atoms with Crippen LogP contribution < -0.4 is 5.73 Å². The van der Waals surface area contributed by atoms with Crippen LogP contribution in [-0.4, -0.2) is 30.9 Å². The van der Waals surface area contributed by atoms with E-state index in [0.29, 0.717) is 10.9 Å². The molecule has 0 aliphatic carbocycles. The van der Waals surface area contributed by atoms with Crippen molar-refractivity contribution in [2.45, 2.75) is 20.4 Å². The van der Waals surface area contributed by atoms with Gasteiger partial charge in [0.2, 0.25) is 0 Å². The minimum absolute atomic E-state index is 0.269. The summed E-state index contributed by atoms with van der Waals surface area (Å²) >= 11 is 1.41. The summed E-state index contributed by atoms with van der Waals surface area (Å²) in [6, 6.07) is 0. The number of amides is 1. The highest BCUT2D eigenvalue weighted by atomic mass is 32.1. The third-order valence-corrected chi connectivity index (χ3v) is 4.21. The number of hydrogen-bond acceptors (Lipinski definition) is 5. The van der Waals surface area contributed by atoms with Gasteiger partial charge in [0, 0.05) is 30.1 Å². The normalized spacial score (nSPS) is 11.2. The molecule has 3 aromatic heterocycles. The fourth-order valence-electron chi connectivity index (χ4n) is 2.13. The molecule has 0 fully saturated rings. The maximum Gasteiger partial charge on any atom is 0.268 e. The Morgan fingerprint density at radius 3 is 2.86 bits per heavy atom. The summed E-state index contributed by atoms with van der Waals surface area (Å²) in [5, 5.41) is 11.7. The molecule has 0 aromatic carbocycles. The third-order valence-electron chi connectivity index (χ3n) is 3.05. The lowest BCUT2D eigenvalue weighted by molar-refractivity contribution is 0.0997. The summed E-state index contributed by atoms with van der Waals surface area (Å²) in [6.07, 6.45) is 7.05. The molecule has 3 aromatic rings. The average molecular weight is 316 g/mol. The minimum Gasteiger partial charge on any atom is -0.364 e. The van der Waals surface area contributed by atoms with Crippen molar-refractivity contribution in [3.63, 3.8) is 0 Å². The van der Waals surface area contributed by atoms with Crippen LogP contribution in [0, 0.1) is 5.92 Å². The molecule has 8 heteroatoms. The molecule has 1 amide bonds. The van der Waals surface area contributed by atoms with Gasteiger partial charge in [0.15, 0.2) is 0 Å². The molecule has 0 aliphatic heterocycles. The molecule has 0 saturated carbocycles. The van der Waals surface area contributed by atoms with Crippen LogP contribution in [0.25, 0.3) is 21.0 Å². The number of nitrogens with one attached hydrogen (secondary N) is 1. The largest absolute Gasteiger partial charge is 0.364 e. The van der Waals surface area contributed by atoms with Gasteiger partial charge >= 0.3 is 0 Å². The maximum atomic E-state index is 11.7. The first-order valence-electron chi connectivity index (χ1n) is 6.87. The van der Waals surface area contributed by atoms with Gasteiger partial charge < -0.3 is 5.73 Å². The number of aromatic amines is 1. The van der Waals surface area contributed by atoms with Crippen molar-refractivity contribution in [2.24, 2.45) is 11.7 Å². The van der Waals surface area contributed by atoms with Crippen LogP contribution >= 0.6 is 11.3 Å². The monoisotopic (exact) mass is 316 g/mol. The molecular weight excluding hydrogens is 300 g/mol. The van der Waals surface area contributed by atoms with Gasteiger partial charge in [-0.25, -0.2) is 4.98 Å². The van der Waals surface area contributed by atoms with Gasteiger partial charge in [-0.3, -0.25) is 14.6 Å². The Morgan fingerprint density at radius 1 is 1.41 bits per heavy atom. The molecule has 0 unspecified atom stereocenters. The molecular formula is C14H16N6OS. The Bertz CT molecular complexity index is 786. The van der Waals surface area contributed by atoms with E-state index in [4.69, 9.17) is 5.73 Å². The summed E-state index contributed by atoms with van der Waals surface area (Å²) in [6.45, 7) is 5.07. The van der Waals surface area contributed by atoms with E-state index in [0.717, 1.165) is 22.5 Å². The summed E-state index contributed by atoms with van der Waals surface area (Å²) in [5.41, 5.74) is 7.41. The number of carbonyl (C=O) groups excluding carboxylic acids is 1. The number of carbonyl (C=O) groups is 1. The van der Waals surface area contributed by atoms with Crippen LogP contribution in [-0.2, 0) is 6.54 Å². The van der Waals surface area contributed by atoms with Crippen molar-refractivity contribution in [3.8, 4) is 21.0 Å². The zero-order valence-electron chi connectivity index (χ0n) is 12.3. The van der Waals surface area contributed by atoms with Crippen LogP contribution in [0.3, 0.4) is 0 Å². The van der Waals surface area contributed by atoms with Gasteiger partial charge in [0.1, 0.15) is 10.7 Å². The second-order valence-corrected chi connectivity index (χ2v) is 6.39. The fourth-order valence-corrected chi connectivity index (χ4v) is 3.15. The molecule has 3 rings (SSSR count). The first-order valence-corrected chi connectivity index (χ1v) is 7.69. The van der Waals surface area contributed by atoms with E-state index >= 15 is 0 Å². The van der Waals surface area contributed by atoms with Crippen molar-refractivity contribution < 1.29 is 4.79 Å². The van der Waals surface area contributed by atoms with Crippen molar-refractivity contribution in [2.75, 3.05) is 0 Å². The zero-order valence-corrected chi connectivity index (χ0v) is 13.1. The van der Waals surface area contributed by atoms with Crippen LogP contribution in [0.5, 0.6) is 0 Å². The van der Waals surface area contributed by atoms with Gasteiger partial charge in [0.05, 0.1) is 17.3 Å². The molecule has 7 nitrogen and oxygen atoms in total. The minimum atomic E-state index is -0.544. The van der Waals surface area contributed by atoms with Gasteiger partial charge in [0.25, 0.3) is 5.91 Å². The van der Waals surface area contributed by atoms with Gasteiger partial charge in [-0.2, -0.15) is 10.2 Å². The molecule has 0 saturated heterocycles. The van der Waals surface area contributed by atoms with E-state index in [1.807, 2.05) is 10.9 Å². The Balaban J connectivity index is 2.02. The summed E-state index contributed by atoms with van der Waals surface area (Å²) in [7, 11) is 0. The summed E-state index contributed by atoms with van der Waals surface area (Å²) < 4.78 is 1.86. The number of hydrogen-bond donors (Lipinski definition) is 2. The number of aromatic nitrogens is 5. The highest BCUT2D eigenvalue weighted by Gasteiger charge is 2.20. The molecule has 22 heavy (non-hydrogen) atoms. The van der Waals surface area contributed by atoms with Crippen molar-refractivity contribution >= 4 is 17.2 Å². The van der Waals surface area contributed by atoms with Crippen molar-refractivity contribution in [3.05, 3.63) is 30.5 Å². The number of thiazole rings is 1. The molecule has 0 spiro atoms. The highest BCUT2D eigenvalue weighted by molar-refractivity contribution is 7.18. The van der Waals surface area contributed by atoms with Crippen molar-refractivity contribution in [1.82, 2.24) is 25.0 Å². The van der Waals surface area contributed by atoms with E-state index in [2.05, 4.69) is 34.1 Å². The molecule has 0 bridgehead atoms. The number of nitrogens with zero attached hydrogens (tertiary/aromatic N) is 4. The predicted octanol–water partition coefficient (Wildman–Crippen LogP) is 2.15. The molecule has 114 valence electrons. The van der Waals surface area contributed by atoms with Gasteiger partial charge in [-0.1, -0.05) is 13.8 Å². The first kappa shape index (κ1) is 14.5. The molecule has 3 heterocycles. The third kappa shape index (κ3) is 2.77. The van der Waals surface area contributed by atoms with E-state index in [-0.39, 0.29) is 5.69 Å².